The zero-order chi connectivity index (χ0) is 10.4. The Bertz CT molecular complexity index is 177. The lowest BCUT2D eigenvalue weighted by atomic mass is 9.87. The summed E-state index contributed by atoms with van der Waals surface area (Å²) in [5.41, 5.74) is 5.24. The lowest BCUT2D eigenvalue weighted by molar-refractivity contribution is -0.123. The lowest BCUT2D eigenvalue weighted by Gasteiger charge is -2.26. The van der Waals surface area contributed by atoms with Crippen molar-refractivity contribution in [3.8, 4) is 0 Å². The number of carbonyl (C=O) groups excluding carboxylic acids is 1. The first kappa shape index (κ1) is 11.5. The van der Waals surface area contributed by atoms with Crippen LogP contribution in [0, 0.1) is 5.92 Å². The number of nitrogens with one attached hydrogen (secondary N) is 1. The van der Waals surface area contributed by atoms with Gasteiger partial charge in [-0.2, -0.15) is 0 Å². The third-order valence-corrected chi connectivity index (χ3v) is 2.78. The van der Waals surface area contributed by atoms with Crippen molar-refractivity contribution < 1.29 is 9.53 Å². The van der Waals surface area contributed by atoms with Crippen molar-refractivity contribution in [1.82, 2.24) is 5.32 Å². The summed E-state index contributed by atoms with van der Waals surface area (Å²) >= 11 is 0. The molecule has 1 aliphatic carbocycles. The molecular formula is C10H20N2O2. The summed E-state index contributed by atoms with van der Waals surface area (Å²) < 4.78 is 5.64. The molecule has 0 bridgehead atoms. The van der Waals surface area contributed by atoms with E-state index < -0.39 is 0 Å². The zero-order valence-corrected chi connectivity index (χ0v) is 8.79. The van der Waals surface area contributed by atoms with Gasteiger partial charge in [-0.05, 0) is 32.7 Å². The first-order valence-corrected chi connectivity index (χ1v) is 5.29. The van der Waals surface area contributed by atoms with E-state index in [2.05, 4.69) is 5.32 Å². The number of nitrogens with two attached hydrogens (primary N) is 1. The number of likely N-dealkylation sites (N-methyl/N-ethyl adjacent to an activating group) is 1. The van der Waals surface area contributed by atoms with E-state index in [1.54, 1.807) is 0 Å². The van der Waals surface area contributed by atoms with Crippen molar-refractivity contribution in [2.75, 3.05) is 20.2 Å². The van der Waals surface area contributed by atoms with Crippen LogP contribution in [-0.4, -0.2) is 32.2 Å². The van der Waals surface area contributed by atoms with Gasteiger partial charge in [0.15, 0.2) is 0 Å². The van der Waals surface area contributed by atoms with E-state index in [9.17, 15) is 4.79 Å². The van der Waals surface area contributed by atoms with Crippen molar-refractivity contribution in [2.24, 2.45) is 11.7 Å². The Labute approximate surface area is 85.2 Å². The highest BCUT2D eigenvalue weighted by atomic mass is 16.5. The van der Waals surface area contributed by atoms with Crippen molar-refractivity contribution in [1.29, 1.82) is 0 Å². The van der Waals surface area contributed by atoms with Crippen LogP contribution in [0.4, 0.5) is 0 Å². The zero-order valence-electron chi connectivity index (χ0n) is 8.79. The van der Waals surface area contributed by atoms with Crippen molar-refractivity contribution in [2.45, 2.75) is 31.8 Å². The molecule has 0 heterocycles. The third kappa shape index (κ3) is 3.64. The first-order valence-electron chi connectivity index (χ1n) is 5.29. The standard InChI is InChI=1S/C10H20N2O2/c1-12-6-7-14-9-4-2-8(3-5-9)10(11)13/h8-9,12H,2-7H2,1H3,(H2,11,13). The summed E-state index contributed by atoms with van der Waals surface area (Å²) in [5, 5.41) is 3.04. The molecule has 0 saturated heterocycles. The van der Waals surface area contributed by atoms with Crippen LogP contribution in [0.3, 0.4) is 0 Å². The number of hydrogen-bond donors (Lipinski definition) is 2. The molecule has 0 radical (unpaired) electrons. The van der Waals surface area contributed by atoms with E-state index in [-0.39, 0.29) is 11.8 Å². The fourth-order valence-electron chi connectivity index (χ4n) is 1.84. The second-order valence-corrected chi connectivity index (χ2v) is 3.85. The molecule has 1 rings (SSSR count). The molecule has 1 fully saturated rings. The van der Waals surface area contributed by atoms with Gasteiger partial charge >= 0.3 is 0 Å². The van der Waals surface area contributed by atoms with E-state index in [1.165, 1.54) is 0 Å². The Morgan fingerprint density at radius 3 is 2.57 bits per heavy atom. The molecule has 0 aromatic rings. The number of rotatable bonds is 5. The molecule has 3 N–H and O–H groups in total. The van der Waals surface area contributed by atoms with Gasteiger partial charge in [0.05, 0.1) is 12.7 Å². The maximum atomic E-state index is 10.9. The fraction of sp³-hybridized carbons (Fsp3) is 0.900. The van der Waals surface area contributed by atoms with Gasteiger partial charge in [-0.15, -0.1) is 0 Å². The van der Waals surface area contributed by atoms with Gasteiger partial charge in [-0.3, -0.25) is 4.79 Å². The fourth-order valence-corrected chi connectivity index (χ4v) is 1.84. The molecule has 82 valence electrons. The summed E-state index contributed by atoms with van der Waals surface area (Å²) in [6.07, 6.45) is 4.05. The molecule has 0 aromatic heterocycles. The minimum absolute atomic E-state index is 0.0825. The molecule has 4 nitrogen and oxygen atoms in total. The van der Waals surface area contributed by atoms with Crippen LogP contribution < -0.4 is 11.1 Å². The van der Waals surface area contributed by atoms with Gasteiger partial charge in [0.25, 0.3) is 0 Å². The first-order chi connectivity index (χ1) is 6.74. The highest BCUT2D eigenvalue weighted by molar-refractivity contribution is 5.76. The van der Waals surface area contributed by atoms with E-state index in [0.717, 1.165) is 38.8 Å². The van der Waals surface area contributed by atoms with E-state index in [0.29, 0.717) is 6.10 Å². The summed E-state index contributed by atoms with van der Waals surface area (Å²) in [7, 11) is 1.91. The molecule has 4 heteroatoms. The van der Waals surface area contributed by atoms with Gasteiger partial charge in [-0.25, -0.2) is 0 Å². The second kappa shape index (κ2) is 5.98. The van der Waals surface area contributed by atoms with Crippen LogP contribution in [0.15, 0.2) is 0 Å². The number of amides is 1. The molecule has 0 atom stereocenters. The average Bonchev–Trinajstić information content (AvgIpc) is 2.19. The predicted molar refractivity (Wildman–Crippen MR) is 54.8 cm³/mol. The van der Waals surface area contributed by atoms with Gasteiger partial charge in [0.1, 0.15) is 0 Å². The highest BCUT2D eigenvalue weighted by Crippen LogP contribution is 2.25. The maximum absolute atomic E-state index is 10.9. The predicted octanol–water partition coefficient (Wildman–Crippen LogP) is 0.267. The molecule has 0 unspecified atom stereocenters. The Morgan fingerprint density at radius 2 is 2.07 bits per heavy atom. The maximum Gasteiger partial charge on any atom is 0.220 e. The van der Waals surface area contributed by atoms with Gasteiger partial charge in [-0.1, -0.05) is 0 Å². The number of hydrogen-bond acceptors (Lipinski definition) is 3. The van der Waals surface area contributed by atoms with Crippen LogP contribution in [0.1, 0.15) is 25.7 Å². The van der Waals surface area contributed by atoms with Crippen molar-refractivity contribution in [3.63, 3.8) is 0 Å². The van der Waals surface area contributed by atoms with Crippen molar-refractivity contribution in [3.05, 3.63) is 0 Å². The molecule has 0 spiro atoms. The SMILES string of the molecule is CNCCOC1CCC(C(N)=O)CC1. The largest absolute Gasteiger partial charge is 0.377 e. The summed E-state index contributed by atoms with van der Waals surface area (Å²) in [6, 6.07) is 0. The van der Waals surface area contributed by atoms with Crippen LogP contribution in [0.2, 0.25) is 0 Å². The molecule has 1 amide bonds. The van der Waals surface area contributed by atoms with Gasteiger partial charge in [0, 0.05) is 12.5 Å². The molecule has 1 aliphatic rings. The minimum Gasteiger partial charge on any atom is -0.377 e. The van der Waals surface area contributed by atoms with Gasteiger partial charge < -0.3 is 15.8 Å². The van der Waals surface area contributed by atoms with Gasteiger partial charge in [0.2, 0.25) is 5.91 Å². The lowest BCUT2D eigenvalue weighted by Crippen LogP contribution is -2.31. The Hall–Kier alpha value is -0.610. The number of carbonyl (C=O) groups is 1. The molecular weight excluding hydrogens is 180 g/mol. The number of primary amides is 1. The Balaban J connectivity index is 2.12. The highest BCUT2D eigenvalue weighted by Gasteiger charge is 2.24. The third-order valence-electron chi connectivity index (χ3n) is 2.78. The second-order valence-electron chi connectivity index (χ2n) is 3.85. The monoisotopic (exact) mass is 200 g/mol. The summed E-state index contributed by atoms with van der Waals surface area (Å²) in [5.74, 6) is -0.0715. The van der Waals surface area contributed by atoms with E-state index >= 15 is 0 Å². The summed E-state index contributed by atoms with van der Waals surface area (Å²) in [6.45, 7) is 1.64. The smallest absolute Gasteiger partial charge is 0.220 e. The Morgan fingerprint density at radius 1 is 1.43 bits per heavy atom. The van der Waals surface area contributed by atoms with E-state index in [4.69, 9.17) is 10.5 Å². The summed E-state index contributed by atoms with van der Waals surface area (Å²) in [4.78, 5) is 10.9. The van der Waals surface area contributed by atoms with Crippen LogP contribution >= 0.6 is 0 Å². The Kier molecular flexibility index (Phi) is 4.90. The minimum atomic E-state index is -0.154. The molecule has 14 heavy (non-hydrogen) atoms. The van der Waals surface area contributed by atoms with Crippen LogP contribution in [0.25, 0.3) is 0 Å². The normalized spacial score (nSPS) is 27.5. The molecule has 0 aliphatic heterocycles. The molecule has 1 saturated carbocycles. The van der Waals surface area contributed by atoms with Crippen LogP contribution in [0.5, 0.6) is 0 Å². The average molecular weight is 200 g/mol. The van der Waals surface area contributed by atoms with Crippen molar-refractivity contribution >= 4 is 5.91 Å². The van der Waals surface area contributed by atoms with Crippen LogP contribution in [-0.2, 0) is 9.53 Å². The molecule has 0 aromatic carbocycles. The number of ether oxygens (including phenoxy) is 1. The topological polar surface area (TPSA) is 64.3 Å². The quantitative estimate of drug-likeness (QED) is 0.626. The van der Waals surface area contributed by atoms with E-state index in [1.807, 2.05) is 7.05 Å².